The molecule has 0 aliphatic rings. The number of hydrogen-bond donors (Lipinski definition) is 2. The normalized spacial score (nSPS) is 10.8. The van der Waals surface area contributed by atoms with Crippen molar-refractivity contribution in [3.63, 3.8) is 0 Å². The molecule has 0 aliphatic carbocycles. The van der Waals surface area contributed by atoms with Crippen LogP contribution >= 0.6 is 31.9 Å². The zero-order valence-corrected chi connectivity index (χ0v) is 17.6. The minimum absolute atomic E-state index is 0.0254. The molecule has 0 radical (unpaired) electrons. The predicted molar refractivity (Wildman–Crippen MR) is 107 cm³/mol. The van der Waals surface area contributed by atoms with E-state index in [0.717, 1.165) is 11.1 Å². The van der Waals surface area contributed by atoms with Gasteiger partial charge in [-0.1, -0.05) is 18.2 Å². The van der Waals surface area contributed by atoms with Gasteiger partial charge in [0.05, 0.1) is 17.8 Å². The number of aryl methyl sites for hydroxylation is 2. The summed E-state index contributed by atoms with van der Waals surface area (Å²) in [5.41, 5.74) is 4.95. The second kappa shape index (κ2) is 9.05. The first kappa shape index (κ1) is 20.3. The molecule has 0 saturated carbocycles. The third-order valence-corrected chi connectivity index (χ3v) is 5.70. The maximum atomic E-state index is 11.9. The average Bonchev–Trinajstić information content (AvgIpc) is 2.61. The topological polar surface area (TPSA) is 80.2 Å². The minimum atomic E-state index is -0.384. The van der Waals surface area contributed by atoms with E-state index < -0.39 is 0 Å². The van der Waals surface area contributed by atoms with E-state index in [4.69, 9.17) is 9.47 Å². The van der Waals surface area contributed by atoms with Gasteiger partial charge in [-0.05, 0) is 62.9 Å². The Morgan fingerprint density at radius 2 is 1.92 bits per heavy atom. The molecule has 26 heavy (non-hydrogen) atoms. The first-order valence-electron chi connectivity index (χ1n) is 7.61. The summed E-state index contributed by atoms with van der Waals surface area (Å²) in [6.45, 7) is 3.70. The number of para-hydroxylation sites is 1. The van der Waals surface area contributed by atoms with Crippen molar-refractivity contribution in [1.82, 2.24) is 5.43 Å². The van der Waals surface area contributed by atoms with Gasteiger partial charge < -0.3 is 14.6 Å². The van der Waals surface area contributed by atoms with Crippen molar-refractivity contribution in [2.75, 3.05) is 13.7 Å². The third-order valence-electron chi connectivity index (χ3n) is 3.54. The number of phenolic OH excluding ortho intramolecular Hbond substituents is 1. The quantitative estimate of drug-likeness (QED) is 0.477. The highest BCUT2D eigenvalue weighted by Gasteiger charge is 2.14. The Morgan fingerprint density at radius 3 is 2.54 bits per heavy atom. The van der Waals surface area contributed by atoms with E-state index in [1.165, 1.54) is 13.3 Å². The highest BCUT2D eigenvalue weighted by Crippen LogP contribution is 2.41. The van der Waals surface area contributed by atoms with Crippen LogP contribution in [0.1, 0.15) is 16.7 Å². The van der Waals surface area contributed by atoms with Crippen LogP contribution in [0.3, 0.4) is 0 Å². The van der Waals surface area contributed by atoms with Gasteiger partial charge in [0.1, 0.15) is 5.75 Å². The summed E-state index contributed by atoms with van der Waals surface area (Å²) in [5.74, 6) is 0.570. The number of aromatic hydroxyl groups is 1. The number of nitrogens with one attached hydrogen (secondary N) is 1. The predicted octanol–water partition coefficient (Wildman–Crippen LogP) is 4.07. The van der Waals surface area contributed by atoms with E-state index in [9.17, 15) is 9.90 Å². The molecule has 2 aromatic carbocycles. The number of halogens is 2. The van der Waals surface area contributed by atoms with Crippen molar-refractivity contribution in [1.29, 1.82) is 0 Å². The first-order chi connectivity index (χ1) is 12.3. The molecule has 8 heteroatoms. The van der Waals surface area contributed by atoms with E-state index >= 15 is 0 Å². The van der Waals surface area contributed by atoms with E-state index in [1.54, 1.807) is 6.07 Å². The van der Waals surface area contributed by atoms with Gasteiger partial charge in [0, 0.05) is 10.0 Å². The summed E-state index contributed by atoms with van der Waals surface area (Å²) in [7, 11) is 1.45. The molecule has 0 atom stereocenters. The van der Waals surface area contributed by atoms with Crippen LogP contribution in [0, 0.1) is 13.8 Å². The van der Waals surface area contributed by atoms with Crippen LogP contribution in [0.4, 0.5) is 0 Å². The molecule has 2 rings (SSSR count). The number of carbonyl (C=O) groups excluding carboxylic acids is 1. The number of hydrogen-bond acceptors (Lipinski definition) is 5. The Bertz CT molecular complexity index is 833. The molecule has 0 bridgehead atoms. The monoisotopic (exact) mass is 484 g/mol. The third kappa shape index (κ3) is 4.76. The van der Waals surface area contributed by atoms with Crippen molar-refractivity contribution in [3.8, 4) is 17.2 Å². The Kier molecular flexibility index (Phi) is 7.05. The molecule has 0 saturated heterocycles. The summed E-state index contributed by atoms with van der Waals surface area (Å²) < 4.78 is 11.7. The highest BCUT2D eigenvalue weighted by molar-refractivity contribution is 9.13. The number of methoxy groups -OCH3 is 1. The second-order valence-electron chi connectivity index (χ2n) is 5.45. The van der Waals surface area contributed by atoms with E-state index in [2.05, 4.69) is 42.4 Å². The zero-order chi connectivity index (χ0) is 19.3. The number of benzene rings is 2. The molecule has 0 unspecified atom stereocenters. The maximum absolute atomic E-state index is 11.9. The van der Waals surface area contributed by atoms with E-state index in [0.29, 0.717) is 20.3 Å². The molecule has 6 nitrogen and oxygen atoms in total. The summed E-state index contributed by atoms with van der Waals surface area (Å²) >= 11 is 6.61. The number of ether oxygens (including phenoxy) is 2. The molecule has 1 amide bonds. The largest absolute Gasteiger partial charge is 0.503 e. The number of hydrazone groups is 1. The fourth-order valence-corrected chi connectivity index (χ4v) is 3.06. The lowest BCUT2D eigenvalue weighted by molar-refractivity contribution is -0.123. The van der Waals surface area contributed by atoms with Crippen molar-refractivity contribution >= 4 is 44.0 Å². The molecular weight excluding hydrogens is 468 g/mol. The number of carbonyl (C=O) groups is 1. The van der Waals surface area contributed by atoms with Crippen LogP contribution in [0.2, 0.25) is 0 Å². The van der Waals surface area contributed by atoms with E-state index in [1.807, 2.05) is 32.0 Å². The SMILES string of the molecule is COc1cc(/C=N/NC(=O)COc2c(C)cccc2C)c(Br)c(Br)c1O. The van der Waals surface area contributed by atoms with Gasteiger partial charge in [0.2, 0.25) is 0 Å². The van der Waals surface area contributed by atoms with Gasteiger partial charge in [0.15, 0.2) is 18.1 Å². The number of nitrogens with zero attached hydrogens (tertiary/aromatic N) is 1. The van der Waals surface area contributed by atoms with Crippen LogP contribution in [-0.2, 0) is 4.79 Å². The van der Waals surface area contributed by atoms with Gasteiger partial charge >= 0.3 is 0 Å². The molecule has 2 N–H and O–H groups in total. The smallest absolute Gasteiger partial charge is 0.277 e. The van der Waals surface area contributed by atoms with Crippen LogP contribution in [0.5, 0.6) is 17.2 Å². The van der Waals surface area contributed by atoms with Gasteiger partial charge in [-0.15, -0.1) is 0 Å². The fraction of sp³-hybridized carbons (Fsp3) is 0.222. The lowest BCUT2D eigenvalue weighted by Crippen LogP contribution is -2.25. The fourth-order valence-electron chi connectivity index (χ4n) is 2.23. The average molecular weight is 486 g/mol. The van der Waals surface area contributed by atoms with Crippen molar-refractivity contribution in [2.45, 2.75) is 13.8 Å². The molecule has 138 valence electrons. The van der Waals surface area contributed by atoms with Gasteiger partial charge in [0.25, 0.3) is 5.91 Å². The van der Waals surface area contributed by atoms with Gasteiger partial charge in [-0.2, -0.15) is 5.10 Å². The second-order valence-corrected chi connectivity index (χ2v) is 7.03. The maximum Gasteiger partial charge on any atom is 0.277 e. The van der Waals surface area contributed by atoms with Crippen LogP contribution in [0.25, 0.3) is 0 Å². The Balaban J connectivity index is 2.00. The Hall–Kier alpha value is -2.06. The zero-order valence-electron chi connectivity index (χ0n) is 14.5. The van der Waals surface area contributed by atoms with Gasteiger partial charge in [-0.3, -0.25) is 4.79 Å². The van der Waals surface area contributed by atoms with Crippen LogP contribution in [0.15, 0.2) is 38.3 Å². The molecule has 0 aromatic heterocycles. The molecule has 0 aliphatic heterocycles. The summed E-state index contributed by atoms with van der Waals surface area (Å²) in [6, 6.07) is 7.37. The van der Waals surface area contributed by atoms with Crippen molar-refractivity contribution in [2.24, 2.45) is 5.10 Å². The molecule has 0 fully saturated rings. The molecule has 0 heterocycles. The van der Waals surface area contributed by atoms with Crippen LogP contribution < -0.4 is 14.9 Å². The van der Waals surface area contributed by atoms with Crippen LogP contribution in [-0.4, -0.2) is 30.9 Å². The minimum Gasteiger partial charge on any atom is -0.503 e. The number of rotatable bonds is 6. The van der Waals surface area contributed by atoms with E-state index in [-0.39, 0.29) is 24.0 Å². The lowest BCUT2D eigenvalue weighted by Gasteiger charge is -2.11. The summed E-state index contributed by atoms with van der Waals surface area (Å²) in [6.07, 6.45) is 1.44. The summed E-state index contributed by atoms with van der Waals surface area (Å²) in [5, 5.41) is 13.8. The highest BCUT2D eigenvalue weighted by atomic mass is 79.9. The Labute approximate surface area is 168 Å². The summed E-state index contributed by atoms with van der Waals surface area (Å²) in [4.78, 5) is 11.9. The van der Waals surface area contributed by atoms with Crippen molar-refractivity contribution < 1.29 is 19.4 Å². The molecule has 0 spiro atoms. The Morgan fingerprint density at radius 1 is 1.27 bits per heavy atom. The number of phenols is 1. The lowest BCUT2D eigenvalue weighted by atomic mass is 10.1. The number of amides is 1. The molecule has 2 aromatic rings. The van der Waals surface area contributed by atoms with Crippen molar-refractivity contribution in [3.05, 3.63) is 49.9 Å². The van der Waals surface area contributed by atoms with Gasteiger partial charge in [-0.25, -0.2) is 5.43 Å². The first-order valence-corrected chi connectivity index (χ1v) is 9.19. The standard InChI is InChI=1S/C18H18Br2N2O4/c1-10-5-4-6-11(2)18(10)26-9-14(23)22-21-8-12-7-13(25-3)17(24)16(20)15(12)19/h4-8,24H,9H2,1-3H3,(H,22,23)/b21-8+. The molecular formula is C18H18Br2N2O4.